The van der Waals surface area contributed by atoms with Crippen molar-refractivity contribution in [1.82, 2.24) is 4.98 Å². The molecule has 2 aliphatic carbocycles. The summed E-state index contributed by atoms with van der Waals surface area (Å²) in [5.41, 5.74) is 2.16. The van der Waals surface area contributed by atoms with E-state index < -0.39 is 5.92 Å². The smallest absolute Gasteiger partial charge is 0.305 e. The molecular weight excluding hydrogens is 730 g/mol. The zero-order valence-electron chi connectivity index (χ0n) is 26.5. The summed E-state index contributed by atoms with van der Waals surface area (Å²) in [4.78, 5) is 58.7. The first kappa shape index (κ1) is 32.2. The van der Waals surface area contributed by atoms with E-state index in [4.69, 9.17) is 14.2 Å². The van der Waals surface area contributed by atoms with Crippen LogP contribution in [-0.2, 0) is 14.4 Å². The Morgan fingerprint density at radius 3 is 2.41 bits per heavy atom. The summed E-state index contributed by atoms with van der Waals surface area (Å²) in [6, 6.07) is 20.0. The van der Waals surface area contributed by atoms with Gasteiger partial charge in [-0.25, -0.2) is 0 Å². The summed E-state index contributed by atoms with van der Waals surface area (Å²) in [7, 11) is 1.58. The number of aromatic nitrogens is 1. The van der Waals surface area contributed by atoms with Crippen LogP contribution in [0.3, 0.4) is 0 Å². The van der Waals surface area contributed by atoms with Gasteiger partial charge in [0.25, 0.3) is 5.91 Å². The maximum absolute atomic E-state index is 14.1. The van der Waals surface area contributed by atoms with Gasteiger partial charge in [-0.1, -0.05) is 33.3 Å². The molecule has 3 fully saturated rings. The second kappa shape index (κ2) is 12.7. The highest BCUT2D eigenvalue weighted by Crippen LogP contribution is 2.68. The predicted octanol–water partition coefficient (Wildman–Crippen LogP) is 6.30. The molecule has 7 atom stereocenters. The molecule has 8 rings (SSSR count). The first-order valence-electron chi connectivity index (χ1n) is 16.1. The van der Waals surface area contributed by atoms with Crippen LogP contribution in [0.25, 0.3) is 0 Å². The number of H-pyrrole nitrogens is 1. The van der Waals surface area contributed by atoms with E-state index in [1.807, 2.05) is 37.3 Å². The van der Waals surface area contributed by atoms with E-state index in [1.165, 1.54) is 16.2 Å². The van der Waals surface area contributed by atoms with Gasteiger partial charge in [0.05, 0.1) is 36.3 Å². The first-order chi connectivity index (χ1) is 23.7. The van der Waals surface area contributed by atoms with Crippen molar-refractivity contribution in [3.8, 4) is 17.2 Å². The third-order valence-corrected chi connectivity index (χ3v) is 13.3. The van der Waals surface area contributed by atoms with Gasteiger partial charge in [-0.2, -0.15) is 0 Å². The minimum atomic E-state index is -0.402. The topological polar surface area (TPSA) is 127 Å². The van der Waals surface area contributed by atoms with Crippen molar-refractivity contribution >= 4 is 68.1 Å². The van der Waals surface area contributed by atoms with E-state index in [-0.39, 0.29) is 64.0 Å². The fourth-order valence-corrected chi connectivity index (χ4v) is 11.5. The van der Waals surface area contributed by atoms with E-state index in [0.29, 0.717) is 35.2 Å². The Morgan fingerprint density at radius 2 is 1.69 bits per heavy atom. The van der Waals surface area contributed by atoms with Crippen LogP contribution in [0, 0.1) is 29.6 Å². The van der Waals surface area contributed by atoms with Crippen LogP contribution in [0.5, 0.6) is 17.2 Å². The number of imide groups is 1. The van der Waals surface area contributed by atoms with Crippen molar-refractivity contribution in [1.29, 1.82) is 0 Å². The number of halogens is 1. The number of amides is 3. The number of anilines is 2. The molecule has 10 nitrogen and oxygen atoms in total. The number of methoxy groups -OCH3 is 1. The number of nitrogens with zero attached hydrogens (tertiary/aromatic N) is 1. The van der Waals surface area contributed by atoms with Gasteiger partial charge in [-0.05, 0) is 97.3 Å². The largest absolute Gasteiger partial charge is 0.497 e. The molecule has 4 aromatic rings. The number of aromatic amines is 1. The second-order valence-electron chi connectivity index (χ2n) is 12.7. The van der Waals surface area contributed by atoms with Crippen molar-refractivity contribution in [3.05, 3.63) is 91.3 Å². The molecule has 1 aromatic heterocycles. The molecule has 13 heteroatoms. The van der Waals surface area contributed by atoms with Crippen LogP contribution >= 0.6 is 39.0 Å². The molecule has 49 heavy (non-hydrogen) atoms. The Labute approximate surface area is 298 Å². The highest BCUT2D eigenvalue weighted by atomic mass is 79.9. The zero-order valence-corrected chi connectivity index (χ0v) is 29.7. The standard InChI is InChI=1S/C36H32BrN3O7S2/c1-3-46-25-14-17(4-13-24(25)47-16-26(41)38-19-7-11-21(45-2)12-8-19)27-28-22-15-23(31(28)48-33-32(27)49-36(44)39-33)30-29(22)34(42)40(35(30)43)20-9-5-18(37)6-10-20/h4-14,22-23,27-31H,3,15-16H2,1-2H3,(H,38,41)(H,39,44)/t22-,23-,27+,28-,29+,30+,31-/m1/s1. The molecule has 0 spiro atoms. The molecule has 2 aliphatic heterocycles. The number of nitrogens with one attached hydrogen (secondary N) is 2. The first-order valence-corrected chi connectivity index (χ1v) is 18.6. The fraction of sp³-hybridized carbons (Fsp3) is 0.333. The van der Waals surface area contributed by atoms with Crippen molar-refractivity contribution in [2.75, 3.05) is 30.5 Å². The van der Waals surface area contributed by atoms with Crippen LogP contribution in [0.15, 0.2) is 81.0 Å². The number of fused-ring (bicyclic) bond motifs is 9. The lowest BCUT2D eigenvalue weighted by Gasteiger charge is -2.43. The molecule has 0 unspecified atom stereocenters. The van der Waals surface area contributed by atoms with Crippen LogP contribution < -0.4 is 29.3 Å². The molecule has 252 valence electrons. The maximum atomic E-state index is 14.1. The summed E-state index contributed by atoms with van der Waals surface area (Å²) in [5, 5.41) is 3.71. The van der Waals surface area contributed by atoms with Crippen LogP contribution in [-0.4, -0.2) is 48.3 Å². The van der Waals surface area contributed by atoms with Gasteiger partial charge >= 0.3 is 4.87 Å². The van der Waals surface area contributed by atoms with Crippen LogP contribution in [0.2, 0.25) is 0 Å². The van der Waals surface area contributed by atoms with Gasteiger partial charge in [0.15, 0.2) is 18.1 Å². The van der Waals surface area contributed by atoms with Crippen molar-refractivity contribution < 1.29 is 28.6 Å². The minimum absolute atomic E-state index is 0.0131. The molecule has 3 aromatic carbocycles. The lowest BCUT2D eigenvalue weighted by molar-refractivity contribution is -0.123. The molecule has 3 heterocycles. The second-order valence-corrected chi connectivity index (χ2v) is 15.8. The summed E-state index contributed by atoms with van der Waals surface area (Å²) in [5.74, 6) is 0.0947. The predicted molar refractivity (Wildman–Crippen MR) is 190 cm³/mol. The Hall–Kier alpha value is -4.07. The number of carbonyl (C=O) groups is 3. The molecule has 2 bridgehead atoms. The van der Waals surface area contributed by atoms with E-state index in [1.54, 1.807) is 55.3 Å². The van der Waals surface area contributed by atoms with Crippen molar-refractivity contribution in [2.24, 2.45) is 29.6 Å². The zero-order chi connectivity index (χ0) is 34.0. The highest BCUT2D eigenvalue weighted by Gasteiger charge is 2.69. The number of benzene rings is 3. The van der Waals surface area contributed by atoms with Gasteiger partial charge in [0, 0.05) is 26.2 Å². The molecule has 3 amide bonds. The van der Waals surface area contributed by atoms with E-state index in [9.17, 15) is 19.2 Å². The molecule has 1 saturated heterocycles. The lowest BCUT2D eigenvalue weighted by atomic mass is 9.68. The number of thioether (sulfide) groups is 1. The van der Waals surface area contributed by atoms with E-state index in [0.717, 1.165) is 26.4 Å². The Morgan fingerprint density at radius 1 is 0.959 bits per heavy atom. The summed E-state index contributed by atoms with van der Waals surface area (Å²) >= 11 is 6.30. The maximum Gasteiger partial charge on any atom is 0.305 e. The summed E-state index contributed by atoms with van der Waals surface area (Å²) in [6.07, 6.45) is 0.793. The number of hydrogen-bond donors (Lipinski definition) is 2. The third-order valence-electron chi connectivity index (χ3n) is 10.2. The number of thiazole rings is 1. The molecule has 4 aliphatic rings. The quantitative estimate of drug-likeness (QED) is 0.190. The summed E-state index contributed by atoms with van der Waals surface area (Å²) < 4.78 is 18.0. The van der Waals surface area contributed by atoms with Gasteiger partial charge in [0.1, 0.15) is 5.75 Å². The number of carbonyl (C=O) groups excluding carboxylic acids is 3. The SMILES string of the molecule is CCOc1cc([C@@H]2c3sc(=O)[nH]c3S[C@@H]3[C@@H]4C[C@@H]([C@@H]5C(=O)N(c6ccc(Br)cc6)C(=O)[C@@H]45)[C@H]23)ccc1OCC(=O)Nc1ccc(OC)cc1. The van der Waals surface area contributed by atoms with E-state index in [2.05, 4.69) is 26.2 Å². The molecule has 0 radical (unpaired) electrons. The van der Waals surface area contributed by atoms with Gasteiger partial charge in [0.2, 0.25) is 11.8 Å². The highest BCUT2D eigenvalue weighted by molar-refractivity contribution is 9.10. The number of ether oxygens (including phenoxy) is 3. The molecular formula is C36H32BrN3O7S2. The monoisotopic (exact) mass is 761 g/mol. The average Bonchev–Trinajstić information content (AvgIpc) is 3.84. The average molecular weight is 763 g/mol. The van der Waals surface area contributed by atoms with Crippen molar-refractivity contribution in [2.45, 2.75) is 29.5 Å². The molecule has 2 saturated carbocycles. The van der Waals surface area contributed by atoms with Gasteiger partial charge < -0.3 is 24.5 Å². The number of hydrogen-bond acceptors (Lipinski definition) is 9. The number of rotatable bonds is 9. The van der Waals surface area contributed by atoms with Gasteiger partial charge in [-0.15, -0.1) is 11.8 Å². The summed E-state index contributed by atoms with van der Waals surface area (Å²) in [6.45, 7) is 2.04. The Bertz CT molecular complexity index is 2010. The fourth-order valence-electron chi connectivity index (χ4n) is 8.36. The van der Waals surface area contributed by atoms with Crippen molar-refractivity contribution in [3.63, 3.8) is 0 Å². The third kappa shape index (κ3) is 5.46. The van der Waals surface area contributed by atoms with Crippen LogP contribution in [0.1, 0.15) is 29.7 Å². The van der Waals surface area contributed by atoms with E-state index >= 15 is 0 Å². The van der Waals surface area contributed by atoms with Gasteiger partial charge in [-0.3, -0.25) is 24.1 Å². The Kier molecular flexibility index (Phi) is 8.32. The van der Waals surface area contributed by atoms with Crippen LogP contribution in [0.4, 0.5) is 11.4 Å². The normalized spacial score (nSPS) is 26.3. The molecule has 2 N–H and O–H groups in total. The minimum Gasteiger partial charge on any atom is -0.497 e. The lowest BCUT2D eigenvalue weighted by Crippen LogP contribution is -2.42. The Balaban J connectivity index is 1.08.